The highest BCUT2D eigenvalue weighted by molar-refractivity contribution is 6.02. The summed E-state index contributed by atoms with van der Waals surface area (Å²) in [5.41, 5.74) is 11.9. The molecule has 0 atom stereocenters. The lowest BCUT2D eigenvalue weighted by Crippen LogP contribution is -2.26. The third kappa shape index (κ3) is 15.7. The first-order chi connectivity index (χ1) is 41.0. The summed E-state index contributed by atoms with van der Waals surface area (Å²) in [6.45, 7) is 1.82. The predicted molar refractivity (Wildman–Crippen MR) is 314 cm³/mol. The van der Waals surface area contributed by atoms with Crippen molar-refractivity contribution < 1.29 is 51.3 Å². The number of aromatic amines is 2. The van der Waals surface area contributed by atoms with E-state index in [9.17, 15) is 51.4 Å². The van der Waals surface area contributed by atoms with Gasteiger partial charge in [-0.15, -0.1) is 0 Å². The lowest BCUT2D eigenvalue weighted by molar-refractivity contribution is 0.0695. The van der Waals surface area contributed by atoms with Gasteiger partial charge in [0.05, 0.1) is 36.4 Å². The summed E-state index contributed by atoms with van der Waals surface area (Å²) in [6.07, 6.45) is 11.5. The molecule has 85 heavy (non-hydrogen) atoms. The number of carbonyl (C=O) groups is 4. The number of pyridine rings is 4. The van der Waals surface area contributed by atoms with Gasteiger partial charge >= 0.3 is 5.97 Å². The van der Waals surface area contributed by atoms with E-state index in [2.05, 4.69) is 24.7 Å². The third-order valence-corrected chi connectivity index (χ3v) is 13.8. The number of benzene rings is 4. The Balaban J connectivity index is 0.000000206. The van der Waals surface area contributed by atoms with Crippen LogP contribution in [0.2, 0.25) is 0 Å². The van der Waals surface area contributed by atoms with Gasteiger partial charge in [0, 0.05) is 111 Å². The number of aryl methyl sites for hydroxylation is 2. The molecular formula is C65H59F4N7O9. The molecule has 0 aliphatic carbocycles. The quantitative estimate of drug-likeness (QED) is 0.0282. The molecule has 0 saturated heterocycles. The van der Waals surface area contributed by atoms with Crippen molar-refractivity contribution in [1.82, 2.24) is 29.1 Å². The van der Waals surface area contributed by atoms with Gasteiger partial charge < -0.3 is 39.4 Å². The van der Waals surface area contributed by atoms with E-state index < -0.39 is 40.4 Å². The number of rotatable bonds is 22. The van der Waals surface area contributed by atoms with Crippen molar-refractivity contribution in [3.05, 3.63) is 247 Å². The molecule has 6 aromatic heterocycles. The minimum Gasteiger partial charge on any atom is -0.478 e. The van der Waals surface area contributed by atoms with E-state index in [0.717, 1.165) is 63.0 Å². The highest BCUT2D eigenvalue weighted by atomic mass is 19.2. The summed E-state index contributed by atoms with van der Waals surface area (Å²) in [4.78, 5) is 90.7. The Morgan fingerprint density at radius 3 is 1.45 bits per heavy atom. The largest absolute Gasteiger partial charge is 0.478 e. The van der Waals surface area contributed by atoms with Crippen molar-refractivity contribution in [3.8, 4) is 22.3 Å². The molecule has 10 rings (SSSR count). The maximum Gasteiger partial charge on any atom is 0.337 e. The summed E-state index contributed by atoms with van der Waals surface area (Å²) in [5, 5.41) is 10.8. The van der Waals surface area contributed by atoms with Gasteiger partial charge in [0.1, 0.15) is 11.3 Å². The summed E-state index contributed by atoms with van der Waals surface area (Å²) in [5.74, 6) is -5.63. The van der Waals surface area contributed by atoms with Crippen LogP contribution >= 0.6 is 0 Å². The number of hydrogen-bond acceptors (Lipinski definition) is 11. The van der Waals surface area contributed by atoms with Crippen LogP contribution in [0.3, 0.4) is 0 Å². The lowest BCUT2D eigenvalue weighted by Gasteiger charge is -2.09. The van der Waals surface area contributed by atoms with Crippen LogP contribution in [0.1, 0.15) is 89.4 Å². The zero-order valence-electron chi connectivity index (χ0n) is 46.4. The average molecular weight is 1160 g/mol. The van der Waals surface area contributed by atoms with Gasteiger partial charge in [-0.25, -0.2) is 32.3 Å². The van der Waals surface area contributed by atoms with Crippen LogP contribution in [-0.2, 0) is 35.4 Å². The number of Topliss-reactive ketones (excluding diaryl/α,β-unsaturated/α-hetero) is 3. The molecule has 0 fully saturated rings. The van der Waals surface area contributed by atoms with Crippen LogP contribution in [-0.4, -0.2) is 91.5 Å². The number of aromatic carboxylic acids is 1. The fraction of sp³-hybridized carbons (Fsp3) is 0.200. The van der Waals surface area contributed by atoms with Crippen LogP contribution in [0.25, 0.3) is 44.3 Å². The van der Waals surface area contributed by atoms with Crippen molar-refractivity contribution in [1.29, 1.82) is 0 Å². The Labute approximate surface area is 484 Å². The molecule has 436 valence electrons. The second-order valence-corrected chi connectivity index (χ2v) is 19.7. The molecule has 0 saturated carbocycles. The van der Waals surface area contributed by atoms with Crippen molar-refractivity contribution in [3.63, 3.8) is 0 Å². The van der Waals surface area contributed by atoms with Crippen molar-refractivity contribution in [2.45, 2.75) is 51.6 Å². The maximum absolute atomic E-state index is 13.6. The van der Waals surface area contributed by atoms with Crippen molar-refractivity contribution >= 4 is 45.4 Å². The van der Waals surface area contributed by atoms with E-state index in [1.54, 1.807) is 44.8 Å². The van der Waals surface area contributed by atoms with E-state index in [-0.39, 0.29) is 60.0 Å². The Hall–Kier alpha value is -9.76. The number of halogens is 4. The van der Waals surface area contributed by atoms with E-state index >= 15 is 0 Å². The Morgan fingerprint density at radius 2 is 1.01 bits per heavy atom. The summed E-state index contributed by atoms with van der Waals surface area (Å²) < 4.78 is 65.9. The number of ketones is 3. The summed E-state index contributed by atoms with van der Waals surface area (Å²) in [6, 6.07) is 31.6. The first-order valence-electron chi connectivity index (χ1n) is 27.0. The van der Waals surface area contributed by atoms with Gasteiger partial charge in [0.15, 0.2) is 40.6 Å². The smallest absolute Gasteiger partial charge is 0.337 e. The fourth-order valence-corrected chi connectivity index (χ4v) is 9.38. The maximum atomic E-state index is 13.6. The molecule has 4 aromatic carbocycles. The number of hydrogen-bond donors (Lipinski definition) is 4. The highest BCUT2D eigenvalue weighted by Crippen LogP contribution is 2.31. The number of methoxy groups -OCH3 is 2. The normalized spacial score (nSPS) is 11.0. The number of carbonyl (C=O) groups excluding carboxylic acids is 3. The van der Waals surface area contributed by atoms with Crippen LogP contribution in [0.4, 0.5) is 17.6 Å². The number of carboxylic acid groups (broad SMARTS) is 1. The van der Waals surface area contributed by atoms with Crippen LogP contribution < -0.4 is 16.9 Å². The fourth-order valence-electron chi connectivity index (χ4n) is 9.38. The monoisotopic (exact) mass is 1160 g/mol. The molecule has 0 aliphatic rings. The van der Waals surface area contributed by atoms with Crippen LogP contribution in [0.15, 0.2) is 168 Å². The number of nitrogens with two attached hydrogens (primary N) is 1. The number of H-pyrrole nitrogens is 2. The topological polar surface area (TPSA) is 234 Å². The molecule has 20 heteroatoms. The van der Waals surface area contributed by atoms with E-state index in [4.69, 9.17) is 10.5 Å². The zero-order valence-corrected chi connectivity index (χ0v) is 46.4. The summed E-state index contributed by atoms with van der Waals surface area (Å²) in [7, 11) is 3.24. The van der Waals surface area contributed by atoms with Crippen LogP contribution in [0, 0.1) is 23.3 Å². The van der Waals surface area contributed by atoms with Gasteiger partial charge in [-0.1, -0.05) is 60.7 Å². The second kappa shape index (κ2) is 29.0. The first kappa shape index (κ1) is 61.3. The average Bonchev–Trinajstić information content (AvgIpc) is 4.20. The van der Waals surface area contributed by atoms with E-state index in [1.165, 1.54) is 52.0 Å². The molecule has 16 nitrogen and oxygen atoms in total. The standard InChI is InChI=1S/C33H29F2N3O4.C29H21F2N3O4.C3H9NO/c1-42-14-4-8-30(39)24-17-26-27(19-37-32(26)36-18-24)23-6-2-5-21(15-23)10-12-31(40)25-7-3-13-38(33(25)41)20-22-9-11-28(34)29(35)16-22;30-24-8-6-18(12-25(24)31)16-34-10-2-5-21(28(34)36)26(35)9-7-17-3-1-4-19(11-17)23-15-33-27-22(23)13-20(14-32-27)29(37)38;1-5-3-2-4/h2-3,5-7,9,11,13,15-19H,4,8,10,12,14,20H2,1H3,(H,36,37);1-6,8,10-15H,7,9,16H2,(H,32,33)(H,37,38);2-4H2,1H3. The molecule has 0 bridgehead atoms. The minimum absolute atomic E-state index is 0.00225. The van der Waals surface area contributed by atoms with Crippen molar-refractivity contribution in [2.24, 2.45) is 5.73 Å². The Morgan fingerprint density at radius 1 is 0.541 bits per heavy atom. The van der Waals surface area contributed by atoms with Crippen LogP contribution in [0.5, 0.6) is 0 Å². The number of nitrogens with one attached hydrogen (secondary N) is 2. The number of aromatic nitrogens is 6. The van der Waals surface area contributed by atoms with Gasteiger partial charge in [-0.05, 0) is 113 Å². The highest BCUT2D eigenvalue weighted by Gasteiger charge is 2.18. The Kier molecular flexibility index (Phi) is 20.9. The second-order valence-electron chi connectivity index (χ2n) is 19.7. The van der Waals surface area contributed by atoms with Gasteiger partial charge in [0.25, 0.3) is 11.1 Å². The third-order valence-electron chi connectivity index (χ3n) is 13.8. The molecule has 0 radical (unpaired) electrons. The number of carboxylic acids is 1. The molecule has 0 unspecified atom stereocenters. The molecule has 10 aromatic rings. The molecular weight excluding hydrogens is 1100 g/mol. The number of nitrogens with zero attached hydrogens (tertiary/aromatic N) is 4. The number of fused-ring (bicyclic) bond motifs is 2. The number of ether oxygens (including phenoxy) is 2. The first-order valence-corrected chi connectivity index (χ1v) is 27.0. The SMILES string of the molecule is COCCCC(=O)c1cnc2[nH]cc(-c3cccc(CCC(=O)c4cccn(Cc5ccc(F)c(F)c5)c4=O)c3)c2c1.COCCN.O=C(O)c1cnc2[nH]cc(-c3cccc(CCC(=O)c4cccn(Cc5ccc(F)c(F)c5)c4=O)c3)c2c1. The molecule has 0 spiro atoms. The lowest BCUT2D eigenvalue weighted by atomic mass is 9.98. The van der Waals surface area contributed by atoms with Gasteiger partial charge in [0.2, 0.25) is 0 Å². The zero-order chi connectivity index (χ0) is 60.6. The Bertz CT molecular complexity index is 4170. The van der Waals surface area contributed by atoms with E-state index in [1.807, 2.05) is 60.8 Å². The van der Waals surface area contributed by atoms with Gasteiger partial charge in [-0.2, -0.15) is 0 Å². The van der Waals surface area contributed by atoms with E-state index in [0.29, 0.717) is 78.8 Å². The molecule has 5 N–H and O–H groups in total. The molecule has 6 heterocycles. The molecule has 0 amide bonds. The molecule has 0 aliphatic heterocycles. The predicted octanol–water partition coefficient (Wildman–Crippen LogP) is 11.0. The summed E-state index contributed by atoms with van der Waals surface area (Å²) >= 11 is 0. The van der Waals surface area contributed by atoms with Crippen molar-refractivity contribution in [2.75, 3.05) is 34.0 Å². The minimum atomic E-state index is -1.07. The van der Waals surface area contributed by atoms with Gasteiger partial charge in [-0.3, -0.25) is 24.0 Å².